The van der Waals surface area contributed by atoms with Gasteiger partial charge in [0.2, 0.25) is 0 Å². The highest BCUT2D eigenvalue weighted by Gasteiger charge is 2.51. The number of methoxy groups -OCH3 is 1. The first kappa shape index (κ1) is 17.4. The zero-order valence-electron chi connectivity index (χ0n) is 13.8. The molecule has 0 fully saturated rings. The standard InChI is InChI=1S/C19H16BrNO4/c1-19(18(24)25-2,11-12-7-9-13(20)10-8-12)21-16(22)14-5-3-4-6-15(14)17(21)23/h3-10H,11H2,1-2H3/t19-/m0/s1. The molecule has 1 aliphatic heterocycles. The molecule has 2 aromatic rings. The molecule has 0 aliphatic carbocycles. The van der Waals surface area contributed by atoms with E-state index in [1.54, 1.807) is 31.2 Å². The molecule has 6 heteroatoms. The van der Waals surface area contributed by atoms with Gasteiger partial charge in [-0.2, -0.15) is 0 Å². The lowest BCUT2D eigenvalue weighted by Crippen LogP contribution is -2.57. The molecule has 1 atom stereocenters. The van der Waals surface area contributed by atoms with Crippen LogP contribution in [0, 0.1) is 0 Å². The molecular weight excluding hydrogens is 386 g/mol. The van der Waals surface area contributed by atoms with Crippen molar-refractivity contribution in [1.29, 1.82) is 0 Å². The smallest absolute Gasteiger partial charge is 0.332 e. The Balaban J connectivity index is 2.05. The molecular formula is C19H16BrNO4. The maximum Gasteiger partial charge on any atom is 0.332 e. The van der Waals surface area contributed by atoms with Crippen LogP contribution in [0.3, 0.4) is 0 Å². The molecule has 2 aromatic carbocycles. The zero-order chi connectivity index (χ0) is 18.2. The molecule has 2 amide bonds. The topological polar surface area (TPSA) is 63.7 Å². The van der Waals surface area contributed by atoms with E-state index in [0.29, 0.717) is 11.1 Å². The largest absolute Gasteiger partial charge is 0.467 e. The Morgan fingerprint density at radius 1 is 1.04 bits per heavy atom. The van der Waals surface area contributed by atoms with Gasteiger partial charge in [0.25, 0.3) is 11.8 Å². The first-order valence-corrected chi connectivity index (χ1v) is 8.48. The molecule has 0 unspecified atom stereocenters. The van der Waals surface area contributed by atoms with Crippen molar-refractivity contribution in [2.75, 3.05) is 7.11 Å². The monoisotopic (exact) mass is 401 g/mol. The van der Waals surface area contributed by atoms with E-state index in [0.717, 1.165) is 14.9 Å². The predicted molar refractivity (Wildman–Crippen MR) is 95.2 cm³/mol. The zero-order valence-corrected chi connectivity index (χ0v) is 15.4. The Morgan fingerprint density at radius 2 is 1.56 bits per heavy atom. The van der Waals surface area contributed by atoms with E-state index in [9.17, 15) is 14.4 Å². The van der Waals surface area contributed by atoms with Crippen LogP contribution in [-0.4, -0.2) is 35.3 Å². The number of rotatable bonds is 4. The number of nitrogens with zero attached hydrogens (tertiary/aromatic N) is 1. The van der Waals surface area contributed by atoms with Crippen LogP contribution in [0.5, 0.6) is 0 Å². The van der Waals surface area contributed by atoms with Crippen LogP contribution in [0.25, 0.3) is 0 Å². The average Bonchev–Trinajstić information content (AvgIpc) is 2.88. The van der Waals surface area contributed by atoms with E-state index in [2.05, 4.69) is 15.9 Å². The number of carbonyl (C=O) groups excluding carboxylic acids is 3. The average molecular weight is 402 g/mol. The second-order valence-corrected chi connectivity index (χ2v) is 6.98. The van der Waals surface area contributed by atoms with Crippen LogP contribution in [0.2, 0.25) is 0 Å². The van der Waals surface area contributed by atoms with Crippen LogP contribution in [0.15, 0.2) is 53.0 Å². The van der Waals surface area contributed by atoms with Crippen molar-refractivity contribution < 1.29 is 19.1 Å². The fourth-order valence-electron chi connectivity index (χ4n) is 3.10. The molecule has 0 radical (unpaired) electrons. The van der Waals surface area contributed by atoms with Crippen LogP contribution in [0.4, 0.5) is 0 Å². The highest BCUT2D eigenvalue weighted by atomic mass is 79.9. The van der Waals surface area contributed by atoms with Crippen LogP contribution >= 0.6 is 15.9 Å². The summed E-state index contributed by atoms with van der Waals surface area (Å²) in [6.45, 7) is 1.56. The quantitative estimate of drug-likeness (QED) is 0.582. The van der Waals surface area contributed by atoms with Gasteiger partial charge in [0.05, 0.1) is 18.2 Å². The summed E-state index contributed by atoms with van der Waals surface area (Å²) in [5.41, 5.74) is -0.0139. The number of amides is 2. The number of imide groups is 1. The molecule has 5 nitrogen and oxygen atoms in total. The van der Waals surface area contributed by atoms with Crippen molar-refractivity contribution in [2.45, 2.75) is 18.9 Å². The summed E-state index contributed by atoms with van der Waals surface area (Å²) in [6.07, 6.45) is 0.165. The third kappa shape index (κ3) is 2.87. The van der Waals surface area contributed by atoms with Crippen molar-refractivity contribution in [3.05, 3.63) is 69.7 Å². The summed E-state index contributed by atoms with van der Waals surface area (Å²) in [7, 11) is 1.25. The molecule has 0 saturated heterocycles. The number of ether oxygens (including phenoxy) is 1. The van der Waals surface area contributed by atoms with E-state index in [1.807, 2.05) is 24.3 Å². The third-order valence-electron chi connectivity index (χ3n) is 4.37. The molecule has 0 N–H and O–H groups in total. The molecule has 0 aromatic heterocycles. The predicted octanol–water partition coefficient (Wildman–Crippen LogP) is 3.22. The fraction of sp³-hybridized carbons (Fsp3) is 0.211. The van der Waals surface area contributed by atoms with Crippen molar-refractivity contribution in [2.24, 2.45) is 0 Å². The lowest BCUT2D eigenvalue weighted by molar-refractivity contribution is -0.151. The van der Waals surface area contributed by atoms with Gasteiger partial charge in [-0.1, -0.05) is 40.2 Å². The van der Waals surface area contributed by atoms with E-state index in [1.165, 1.54) is 7.11 Å². The van der Waals surface area contributed by atoms with Crippen molar-refractivity contribution in [3.63, 3.8) is 0 Å². The first-order valence-electron chi connectivity index (χ1n) is 7.69. The second-order valence-electron chi connectivity index (χ2n) is 6.06. The van der Waals surface area contributed by atoms with Gasteiger partial charge in [-0.3, -0.25) is 14.5 Å². The molecule has 0 bridgehead atoms. The number of benzene rings is 2. The number of esters is 1. The summed E-state index contributed by atoms with van der Waals surface area (Å²) in [6, 6.07) is 13.9. The minimum atomic E-state index is -1.43. The minimum absolute atomic E-state index is 0.165. The Kier molecular flexibility index (Phi) is 4.47. The Hall–Kier alpha value is -2.47. The van der Waals surface area contributed by atoms with Crippen LogP contribution in [0.1, 0.15) is 33.2 Å². The number of halogens is 1. The first-order chi connectivity index (χ1) is 11.9. The SMILES string of the molecule is COC(=O)[C@](C)(Cc1ccc(Br)cc1)N1C(=O)c2ccccc2C1=O. The van der Waals surface area contributed by atoms with E-state index < -0.39 is 23.3 Å². The summed E-state index contributed by atoms with van der Waals surface area (Å²) in [5.74, 6) is -1.60. The Labute approximate surface area is 153 Å². The molecule has 0 spiro atoms. The molecule has 1 heterocycles. The Morgan fingerprint density at radius 3 is 2.04 bits per heavy atom. The van der Waals surface area contributed by atoms with Gasteiger partial charge in [-0.15, -0.1) is 0 Å². The lowest BCUT2D eigenvalue weighted by atomic mass is 9.90. The number of hydrogen-bond donors (Lipinski definition) is 0. The van der Waals surface area contributed by atoms with E-state index in [4.69, 9.17) is 4.74 Å². The third-order valence-corrected chi connectivity index (χ3v) is 4.90. The van der Waals surface area contributed by atoms with Gasteiger partial charge >= 0.3 is 5.97 Å². The molecule has 1 aliphatic rings. The van der Waals surface area contributed by atoms with Crippen LogP contribution < -0.4 is 0 Å². The highest BCUT2D eigenvalue weighted by molar-refractivity contribution is 9.10. The lowest BCUT2D eigenvalue weighted by Gasteiger charge is -2.34. The van der Waals surface area contributed by atoms with Crippen molar-refractivity contribution in [3.8, 4) is 0 Å². The summed E-state index contributed by atoms with van der Waals surface area (Å²) in [4.78, 5) is 39.2. The van der Waals surface area contributed by atoms with Crippen LogP contribution in [-0.2, 0) is 16.0 Å². The van der Waals surface area contributed by atoms with Gasteiger partial charge in [-0.25, -0.2) is 4.79 Å². The highest BCUT2D eigenvalue weighted by Crippen LogP contribution is 2.32. The van der Waals surface area contributed by atoms with Crippen molar-refractivity contribution >= 4 is 33.7 Å². The van der Waals surface area contributed by atoms with Gasteiger partial charge in [0, 0.05) is 10.9 Å². The molecule has 128 valence electrons. The van der Waals surface area contributed by atoms with E-state index >= 15 is 0 Å². The van der Waals surface area contributed by atoms with Gasteiger partial charge in [0.15, 0.2) is 0 Å². The maximum atomic E-state index is 12.8. The number of hydrogen-bond acceptors (Lipinski definition) is 4. The van der Waals surface area contributed by atoms with Gasteiger partial charge in [0.1, 0.15) is 5.54 Å². The van der Waals surface area contributed by atoms with E-state index in [-0.39, 0.29) is 6.42 Å². The molecule has 0 saturated carbocycles. The Bertz CT molecular complexity index is 827. The minimum Gasteiger partial charge on any atom is -0.467 e. The number of carbonyl (C=O) groups is 3. The van der Waals surface area contributed by atoms with Crippen molar-refractivity contribution in [1.82, 2.24) is 4.90 Å². The summed E-state index contributed by atoms with van der Waals surface area (Å²) in [5, 5.41) is 0. The molecule has 3 rings (SSSR count). The maximum absolute atomic E-state index is 12.8. The number of fused-ring (bicyclic) bond motifs is 1. The normalized spacial score (nSPS) is 15.7. The molecule has 25 heavy (non-hydrogen) atoms. The second kappa shape index (κ2) is 6.44. The fourth-order valence-corrected chi connectivity index (χ4v) is 3.36. The summed E-state index contributed by atoms with van der Waals surface area (Å²) >= 11 is 3.36. The van der Waals surface area contributed by atoms with Gasteiger partial charge in [-0.05, 0) is 36.8 Å². The van der Waals surface area contributed by atoms with Gasteiger partial charge < -0.3 is 4.74 Å². The summed E-state index contributed by atoms with van der Waals surface area (Å²) < 4.78 is 5.82.